The fourth-order valence-electron chi connectivity index (χ4n) is 1.97. The second-order valence-corrected chi connectivity index (χ2v) is 4.71. The Morgan fingerprint density at radius 2 is 2.14 bits per heavy atom. The first-order chi connectivity index (χ1) is 10.1. The number of hydrogen-bond donors (Lipinski definition) is 2. The van der Waals surface area contributed by atoms with Crippen LogP contribution in [0, 0.1) is 25.7 Å². The van der Waals surface area contributed by atoms with E-state index in [1.54, 1.807) is 13.0 Å². The number of aliphatic hydroxyl groups excluding tert-OH is 1. The van der Waals surface area contributed by atoms with Crippen LogP contribution in [-0.4, -0.2) is 17.6 Å². The van der Waals surface area contributed by atoms with E-state index in [2.05, 4.69) is 17.2 Å². The quantitative estimate of drug-likeness (QED) is 0.851. The molecule has 1 aromatic heterocycles. The Labute approximate surface area is 123 Å². The summed E-state index contributed by atoms with van der Waals surface area (Å²) in [6, 6.07) is 7.26. The summed E-state index contributed by atoms with van der Waals surface area (Å²) in [5.41, 5.74) is 3.02. The molecule has 0 aliphatic carbocycles. The first kappa shape index (κ1) is 14.9. The lowest BCUT2D eigenvalue weighted by Crippen LogP contribution is -2.12. The van der Waals surface area contributed by atoms with Crippen molar-refractivity contribution in [2.24, 2.45) is 0 Å². The van der Waals surface area contributed by atoms with E-state index in [0.717, 1.165) is 11.1 Å². The van der Waals surface area contributed by atoms with Gasteiger partial charge >= 0.3 is 0 Å². The van der Waals surface area contributed by atoms with Crippen LogP contribution >= 0.6 is 0 Å². The maximum Gasteiger partial charge on any atom is 0.259 e. The minimum Gasteiger partial charge on any atom is -0.469 e. The van der Waals surface area contributed by atoms with Gasteiger partial charge in [0.15, 0.2) is 0 Å². The summed E-state index contributed by atoms with van der Waals surface area (Å²) in [7, 11) is 0. The lowest BCUT2D eigenvalue weighted by Gasteiger charge is -2.06. The van der Waals surface area contributed by atoms with E-state index in [9.17, 15) is 4.79 Å². The highest BCUT2D eigenvalue weighted by Crippen LogP contribution is 2.16. The Bertz CT molecular complexity index is 704. The van der Waals surface area contributed by atoms with Crippen molar-refractivity contribution in [1.29, 1.82) is 0 Å². The van der Waals surface area contributed by atoms with Gasteiger partial charge in [-0.15, -0.1) is 0 Å². The SMILES string of the molecule is Cc1cc(C#CCCO)cc(NC(=O)c2ccoc2C)c1. The number of amides is 1. The van der Waals surface area contributed by atoms with Crippen molar-refractivity contribution in [3.8, 4) is 11.8 Å². The van der Waals surface area contributed by atoms with Crippen molar-refractivity contribution >= 4 is 11.6 Å². The average Bonchev–Trinajstić information content (AvgIpc) is 2.85. The first-order valence-electron chi connectivity index (χ1n) is 6.67. The lowest BCUT2D eigenvalue weighted by molar-refractivity contribution is 0.102. The number of aryl methyl sites for hydroxylation is 2. The molecule has 0 atom stereocenters. The van der Waals surface area contributed by atoms with Crippen LogP contribution in [0.25, 0.3) is 0 Å². The van der Waals surface area contributed by atoms with Crippen molar-refractivity contribution in [3.63, 3.8) is 0 Å². The van der Waals surface area contributed by atoms with Gasteiger partial charge in [0.2, 0.25) is 0 Å². The molecular formula is C17H17NO3. The van der Waals surface area contributed by atoms with E-state index in [0.29, 0.717) is 23.4 Å². The van der Waals surface area contributed by atoms with Crippen LogP contribution in [-0.2, 0) is 0 Å². The van der Waals surface area contributed by atoms with Crippen LogP contribution in [0.5, 0.6) is 0 Å². The second kappa shape index (κ2) is 6.78. The number of furan rings is 1. The fourth-order valence-corrected chi connectivity index (χ4v) is 1.97. The molecule has 2 aromatic rings. The van der Waals surface area contributed by atoms with Crippen LogP contribution in [0.15, 0.2) is 34.9 Å². The maximum absolute atomic E-state index is 12.1. The largest absolute Gasteiger partial charge is 0.469 e. The molecule has 4 heteroatoms. The number of hydrogen-bond acceptors (Lipinski definition) is 3. The molecule has 21 heavy (non-hydrogen) atoms. The molecule has 2 N–H and O–H groups in total. The highest BCUT2D eigenvalue weighted by molar-refractivity contribution is 6.05. The van der Waals surface area contributed by atoms with Crippen molar-refractivity contribution in [3.05, 3.63) is 53.0 Å². The number of anilines is 1. The van der Waals surface area contributed by atoms with E-state index in [4.69, 9.17) is 9.52 Å². The molecule has 0 aliphatic rings. The van der Waals surface area contributed by atoms with Crippen molar-refractivity contribution in [2.75, 3.05) is 11.9 Å². The van der Waals surface area contributed by atoms with Crippen LogP contribution in [0.3, 0.4) is 0 Å². The molecule has 1 aromatic carbocycles. The van der Waals surface area contributed by atoms with Crippen molar-refractivity contribution in [1.82, 2.24) is 0 Å². The third-order valence-corrected chi connectivity index (χ3v) is 2.91. The van der Waals surface area contributed by atoms with Crippen LogP contribution in [0.1, 0.15) is 33.7 Å². The summed E-state index contributed by atoms with van der Waals surface area (Å²) in [5, 5.41) is 11.6. The third kappa shape index (κ3) is 3.98. The molecule has 0 saturated heterocycles. The normalized spacial score (nSPS) is 9.86. The molecule has 1 heterocycles. The summed E-state index contributed by atoms with van der Waals surface area (Å²) in [6.45, 7) is 3.73. The highest BCUT2D eigenvalue weighted by Gasteiger charge is 2.11. The molecule has 2 rings (SSSR count). The molecule has 0 unspecified atom stereocenters. The molecule has 0 spiro atoms. The molecule has 0 bridgehead atoms. The smallest absolute Gasteiger partial charge is 0.259 e. The van der Waals surface area contributed by atoms with Gasteiger partial charge in [-0.2, -0.15) is 0 Å². The van der Waals surface area contributed by atoms with Crippen LogP contribution in [0.4, 0.5) is 5.69 Å². The van der Waals surface area contributed by atoms with E-state index < -0.39 is 0 Å². The lowest BCUT2D eigenvalue weighted by atomic mass is 10.1. The van der Waals surface area contributed by atoms with Gasteiger partial charge in [0.05, 0.1) is 18.4 Å². The number of nitrogens with one attached hydrogen (secondary N) is 1. The average molecular weight is 283 g/mol. The zero-order valence-corrected chi connectivity index (χ0v) is 12.1. The summed E-state index contributed by atoms with van der Waals surface area (Å²) in [4.78, 5) is 12.1. The third-order valence-electron chi connectivity index (χ3n) is 2.91. The Hall–Kier alpha value is -2.51. The fraction of sp³-hybridized carbons (Fsp3) is 0.235. The standard InChI is InChI=1S/C17H17NO3/c1-12-9-14(5-3-4-7-19)11-15(10-12)18-17(20)16-6-8-21-13(16)2/h6,8-11,19H,4,7H2,1-2H3,(H,18,20). The number of benzene rings is 1. The van der Waals surface area contributed by atoms with E-state index in [-0.39, 0.29) is 12.5 Å². The molecule has 1 amide bonds. The number of aliphatic hydroxyl groups is 1. The Morgan fingerprint density at radius 3 is 2.81 bits per heavy atom. The molecule has 0 saturated carbocycles. The molecule has 108 valence electrons. The Morgan fingerprint density at radius 1 is 1.33 bits per heavy atom. The Kier molecular flexibility index (Phi) is 4.81. The van der Waals surface area contributed by atoms with Gasteiger partial charge in [-0.05, 0) is 43.7 Å². The van der Waals surface area contributed by atoms with E-state index in [1.165, 1.54) is 6.26 Å². The first-order valence-corrected chi connectivity index (χ1v) is 6.67. The molecule has 0 fully saturated rings. The highest BCUT2D eigenvalue weighted by atomic mass is 16.3. The predicted octanol–water partition coefficient (Wildman–Crippen LogP) is 2.88. The van der Waals surface area contributed by atoms with Crippen molar-refractivity contribution < 1.29 is 14.3 Å². The van der Waals surface area contributed by atoms with Gasteiger partial charge in [0.25, 0.3) is 5.91 Å². The summed E-state index contributed by atoms with van der Waals surface area (Å²) in [6.07, 6.45) is 1.93. The van der Waals surface area contributed by atoms with Crippen LogP contribution in [0.2, 0.25) is 0 Å². The van der Waals surface area contributed by atoms with Crippen molar-refractivity contribution in [2.45, 2.75) is 20.3 Å². The minimum absolute atomic E-state index is 0.0438. The van der Waals surface area contributed by atoms with Gasteiger partial charge in [0, 0.05) is 17.7 Å². The predicted molar refractivity (Wildman–Crippen MR) is 81.2 cm³/mol. The zero-order valence-electron chi connectivity index (χ0n) is 12.1. The van der Waals surface area contributed by atoms with Gasteiger partial charge in [0.1, 0.15) is 5.76 Å². The van der Waals surface area contributed by atoms with Gasteiger partial charge in [-0.25, -0.2) is 0 Å². The van der Waals surface area contributed by atoms with Gasteiger partial charge in [-0.1, -0.05) is 11.8 Å². The molecular weight excluding hydrogens is 266 g/mol. The maximum atomic E-state index is 12.1. The number of carbonyl (C=O) groups excluding carboxylic acids is 1. The van der Waals surface area contributed by atoms with Gasteiger partial charge < -0.3 is 14.8 Å². The number of carbonyl (C=O) groups is 1. The second-order valence-electron chi connectivity index (χ2n) is 4.71. The minimum atomic E-state index is -0.207. The Balaban J connectivity index is 2.19. The molecule has 4 nitrogen and oxygen atoms in total. The number of rotatable bonds is 3. The summed E-state index contributed by atoms with van der Waals surface area (Å²) >= 11 is 0. The zero-order chi connectivity index (χ0) is 15.2. The topological polar surface area (TPSA) is 62.5 Å². The van der Waals surface area contributed by atoms with E-state index in [1.807, 2.05) is 25.1 Å². The molecule has 0 radical (unpaired) electrons. The van der Waals surface area contributed by atoms with Gasteiger partial charge in [-0.3, -0.25) is 4.79 Å². The van der Waals surface area contributed by atoms with E-state index >= 15 is 0 Å². The summed E-state index contributed by atoms with van der Waals surface area (Å²) in [5.74, 6) is 6.21. The monoisotopic (exact) mass is 283 g/mol. The summed E-state index contributed by atoms with van der Waals surface area (Å²) < 4.78 is 5.13. The van der Waals surface area contributed by atoms with Crippen LogP contribution < -0.4 is 5.32 Å². The molecule has 0 aliphatic heterocycles.